The number of benzene rings is 1. The number of hydrogen-bond donors (Lipinski definition) is 2. The quantitative estimate of drug-likeness (QED) is 0.372. The normalized spacial score (nSPS) is 14.0. The number of likely N-dealkylation sites (N-methyl/N-ethyl adjacent to an activating group) is 1. The molecule has 0 saturated heterocycles. The van der Waals surface area contributed by atoms with Crippen LogP contribution >= 0.6 is 11.6 Å². The number of nitrogens with one attached hydrogen (secondary N) is 2. The van der Waals surface area contributed by atoms with Gasteiger partial charge in [-0.15, -0.1) is 0 Å². The van der Waals surface area contributed by atoms with Crippen molar-refractivity contribution in [2.24, 2.45) is 4.99 Å². The van der Waals surface area contributed by atoms with Gasteiger partial charge in [-0.2, -0.15) is 0 Å². The van der Waals surface area contributed by atoms with Crippen LogP contribution in [0.3, 0.4) is 0 Å². The van der Waals surface area contributed by atoms with E-state index in [1.54, 1.807) is 6.07 Å². The summed E-state index contributed by atoms with van der Waals surface area (Å²) in [5, 5.41) is 6.93. The number of aliphatic imine (C=N–C) groups is 1. The van der Waals surface area contributed by atoms with Gasteiger partial charge in [0.2, 0.25) is 5.91 Å². The van der Waals surface area contributed by atoms with Gasteiger partial charge in [-0.1, -0.05) is 17.7 Å². The molecule has 7 heteroatoms. The molecule has 1 fully saturated rings. The van der Waals surface area contributed by atoms with Gasteiger partial charge in [0.25, 0.3) is 0 Å². The maximum absolute atomic E-state index is 11.7. The van der Waals surface area contributed by atoms with E-state index in [0.29, 0.717) is 37.2 Å². The third kappa shape index (κ3) is 7.95. The van der Waals surface area contributed by atoms with Crippen LogP contribution in [0.15, 0.2) is 29.3 Å². The predicted octanol–water partition coefficient (Wildman–Crippen LogP) is 2.67. The number of hydrogen-bond acceptors (Lipinski definition) is 3. The zero-order chi connectivity index (χ0) is 18.8. The Bertz CT molecular complexity index is 605. The minimum Gasteiger partial charge on any atom is -0.492 e. The van der Waals surface area contributed by atoms with Gasteiger partial charge in [0.05, 0.1) is 6.54 Å². The Morgan fingerprint density at radius 1 is 1.42 bits per heavy atom. The van der Waals surface area contributed by atoms with Gasteiger partial charge in [-0.3, -0.25) is 9.79 Å². The summed E-state index contributed by atoms with van der Waals surface area (Å²) in [4.78, 5) is 18.3. The number of ether oxygens (including phenoxy) is 1. The molecular weight excluding hydrogens is 352 g/mol. The van der Waals surface area contributed by atoms with Crippen molar-refractivity contribution < 1.29 is 9.53 Å². The highest BCUT2D eigenvalue weighted by Gasteiger charge is 2.22. The van der Waals surface area contributed by atoms with Crippen LogP contribution in [0.4, 0.5) is 0 Å². The first-order valence-electron chi connectivity index (χ1n) is 9.25. The van der Waals surface area contributed by atoms with E-state index in [1.807, 2.05) is 37.1 Å². The first-order valence-corrected chi connectivity index (χ1v) is 9.63. The smallest absolute Gasteiger partial charge is 0.220 e. The number of carbonyl (C=O) groups excluding carboxylic acids is 1. The molecule has 0 atom stereocenters. The van der Waals surface area contributed by atoms with Crippen molar-refractivity contribution in [3.63, 3.8) is 0 Å². The van der Waals surface area contributed by atoms with Crippen molar-refractivity contribution in [1.29, 1.82) is 0 Å². The second-order valence-corrected chi connectivity index (χ2v) is 6.84. The Hall–Kier alpha value is -1.95. The van der Waals surface area contributed by atoms with E-state index in [-0.39, 0.29) is 5.91 Å². The Kier molecular flexibility index (Phi) is 8.54. The third-order valence-corrected chi connectivity index (χ3v) is 4.19. The maximum Gasteiger partial charge on any atom is 0.220 e. The molecule has 1 aliphatic carbocycles. The van der Waals surface area contributed by atoms with Gasteiger partial charge in [0.1, 0.15) is 12.4 Å². The first-order chi connectivity index (χ1) is 12.6. The molecule has 0 unspecified atom stereocenters. The topological polar surface area (TPSA) is 66.0 Å². The molecular formula is C19H29ClN4O2. The van der Waals surface area contributed by atoms with Crippen LogP contribution in [-0.4, -0.2) is 56.1 Å². The molecule has 1 aliphatic rings. The fourth-order valence-corrected chi connectivity index (χ4v) is 2.57. The summed E-state index contributed by atoms with van der Waals surface area (Å²) >= 11 is 5.95. The molecule has 0 aromatic heterocycles. The van der Waals surface area contributed by atoms with E-state index in [4.69, 9.17) is 16.3 Å². The van der Waals surface area contributed by atoms with Gasteiger partial charge in [0.15, 0.2) is 5.96 Å². The zero-order valence-corrected chi connectivity index (χ0v) is 16.4. The molecule has 0 aliphatic heterocycles. The minimum absolute atomic E-state index is 0.135. The molecule has 2 rings (SSSR count). The van der Waals surface area contributed by atoms with E-state index in [9.17, 15) is 4.79 Å². The lowest BCUT2D eigenvalue weighted by Crippen LogP contribution is -2.41. The monoisotopic (exact) mass is 380 g/mol. The fourth-order valence-electron chi connectivity index (χ4n) is 2.38. The highest BCUT2D eigenvalue weighted by molar-refractivity contribution is 6.30. The average Bonchev–Trinajstić information content (AvgIpc) is 3.41. The van der Waals surface area contributed by atoms with Crippen molar-refractivity contribution in [3.8, 4) is 5.75 Å². The molecule has 6 nitrogen and oxygen atoms in total. The van der Waals surface area contributed by atoms with Crippen molar-refractivity contribution in [3.05, 3.63) is 29.3 Å². The second kappa shape index (κ2) is 10.9. The number of halogens is 1. The summed E-state index contributed by atoms with van der Waals surface area (Å²) in [6.07, 6.45) is 3.52. The van der Waals surface area contributed by atoms with Crippen molar-refractivity contribution in [2.45, 2.75) is 38.6 Å². The van der Waals surface area contributed by atoms with Crippen LogP contribution < -0.4 is 15.4 Å². The SMILES string of the molecule is CCNC(=NCCCC(=O)NC1CC1)N(C)CCOc1cccc(Cl)c1. The fraction of sp³-hybridized carbons (Fsp3) is 0.579. The molecule has 0 spiro atoms. The molecule has 1 aromatic carbocycles. The van der Waals surface area contributed by atoms with E-state index in [1.165, 1.54) is 0 Å². The zero-order valence-electron chi connectivity index (χ0n) is 15.6. The number of amides is 1. The predicted molar refractivity (Wildman–Crippen MR) is 106 cm³/mol. The molecule has 1 amide bonds. The van der Waals surface area contributed by atoms with E-state index in [0.717, 1.165) is 37.5 Å². The van der Waals surface area contributed by atoms with Gasteiger partial charge in [-0.05, 0) is 44.4 Å². The number of guanidine groups is 1. The highest BCUT2D eigenvalue weighted by atomic mass is 35.5. The van der Waals surface area contributed by atoms with Crippen LogP contribution in [0.1, 0.15) is 32.6 Å². The van der Waals surface area contributed by atoms with Crippen LogP contribution in [0.5, 0.6) is 5.75 Å². The average molecular weight is 381 g/mol. The molecule has 0 bridgehead atoms. The van der Waals surface area contributed by atoms with Gasteiger partial charge >= 0.3 is 0 Å². The summed E-state index contributed by atoms with van der Waals surface area (Å²) in [5.41, 5.74) is 0. The molecule has 2 N–H and O–H groups in total. The van der Waals surface area contributed by atoms with Crippen molar-refractivity contribution in [2.75, 3.05) is 33.3 Å². The molecule has 0 radical (unpaired) electrons. The van der Waals surface area contributed by atoms with E-state index < -0.39 is 0 Å². The summed E-state index contributed by atoms with van der Waals surface area (Å²) in [7, 11) is 1.97. The van der Waals surface area contributed by atoms with E-state index in [2.05, 4.69) is 15.6 Å². The lowest BCUT2D eigenvalue weighted by molar-refractivity contribution is -0.121. The summed E-state index contributed by atoms with van der Waals surface area (Å²) in [6.45, 7) is 4.68. The summed E-state index contributed by atoms with van der Waals surface area (Å²) in [5.74, 6) is 1.72. The van der Waals surface area contributed by atoms with Gasteiger partial charge < -0.3 is 20.3 Å². The number of rotatable bonds is 10. The third-order valence-electron chi connectivity index (χ3n) is 3.95. The van der Waals surface area contributed by atoms with Gasteiger partial charge in [-0.25, -0.2) is 0 Å². The minimum atomic E-state index is 0.135. The Labute approximate surface area is 161 Å². The van der Waals surface area contributed by atoms with E-state index >= 15 is 0 Å². The Balaban J connectivity index is 1.70. The summed E-state index contributed by atoms with van der Waals surface area (Å²) < 4.78 is 5.72. The number of nitrogens with zero attached hydrogens (tertiary/aromatic N) is 2. The lowest BCUT2D eigenvalue weighted by Gasteiger charge is -2.22. The lowest BCUT2D eigenvalue weighted by atomic mass is 10.3. The molecule has 26 heavy (non-hydrogen) atoms. The standard InChI is InChI=1S/C19H29ClN4O2/c1-3-21-19(22-11-5-8-18(25)23-16-9-10-16)24(2)12-13-26-17-7-4-6-15(20)14-17/h4,6-7,14,16H,3,5,8-13H2,1-2H3,(H,21,22)(H,23,25). The van der Waals surface area contributed by atoms with Crippen LogP contribution in [0.25, 0.3) is 0 Å². The Morgan fingerprint density at radius 2 is 2.23 bits per heavy atom. The number of carbonyl (C=O) groups is 1. The second-order valence-electron chi connectivity index (χ2n) is 6.41. The molecule has 1 aromatic rings. The largest absolute Gasteiger partial charge is 0.492 e. The first kappa shape index (κ1) is 20.4. The van der Waals surface area contributed by atoms with Crippen LogP contribution in [0.2, 0.25) is 5.02 Å². The highest BCUT2D eigenvalue weighted by Crippen LogP contribution is 2.18. The molecule has 1 saturated carbocycles. The maximum atomic E-state index is 11.7. The van der Waals surface area contributed by atoms with Crippen LogP contribution in [0, 0.1) is 0 Å². The van der Waals surface area contributed by atoms with Crippen molar-refractivity contribution >= 4 is 23.5 Å². The van der Waals surface area contributed by atoms with Crippen molar-refractivity contribution in [1.82, 2.24) is 15.5 Å². The van der Waals surface area contributed by atoms with Crippen LogP contribution in [-0.2, 0) is 4.79 Å². The Morgan fingerprint density at radius 3 is 2.92 bits per heavy atom. The summed E-state index contributed by atoms with van der Waals surface area (Å²) in [6, 6.07) is 7.80. The molecule has 0 heterocycles. The molecule has 144 valence electrons. The van der Waals surface area contributed by atoms with Gasteiger partial charge in [0, 0.05) is 37.6 Å².